The predicted octanol–water partition coefficient (Wildman–Crippen LogP) is 2.20. The standard InChI is InChI=1S/C13H17N3OS/c1-10-7-16(5-4-14-10)8-11-9-17-13(15-11)12-3-2-6-18-12/h2-3,6,9-10,14H,4-5,7-8H2,1H3/t10-/m0/s1. The van der Waals surface area contributed by atoms with Crippen LogP contribution in [-0.4, -0.2) is 35.6 Å². The van der Waals surface area contributed by atoms with Gasteiger partial charge in [-0.15, -0.1) is 11.3 Å². The van der Waals surface area contributed by atoms with Crippen molar-refractivity contribution in [3.05, 3.63) is 29.5 Å². The molecule has 0 saturated carbocycles. The Morgan fingerprint density at radius 1 is 1.61 bits per heavy atom. The van der Waals surface area contributed by atoms with Gasteiger partial charge in [0.25, 0.3) is 0 Å². The molecular weight excluding hydrogens is 246 g/mol. The summed E-state index contributed by atoms with van der Waals surface area (Å²) in [5.74, 6) is 0.739. The van der Waals surface area contributed by atoms with Gasteiger partial charge in [0.15, 0.2) is 0 Å². The molecule has 3 rings (SSSR count). The molecule has 0 aliphatic carbocycles. The van der Waals surface area contributed by atoms with E-state index >= 15 is 0 Å². The molecule has 0 bridgehead atoms. The summed E-state index contributed by atoms with van der Waals surface area (Å²) < 4.78 is 5.53. The third kappa shape index (κ3) is 2.63. The predicted molar refractivity (Wildman–Crippen MR) is 72.6 cm³/mol. The van der Waals surface area contributed by atoms with E-state index in [1.807, 2.05) is 17.5 Å². The van der Waals surface area contributed by atoms with Gasteiger partial charge >= 0.3 is 0 Å². The molecule has 3 heterocycles. The molecule has 1 fully saturated rings. The molecule has 1 atom stereocenters. The minimum atomic E-state index is 0.558. The molecule has 1 N–H and O–H groups in total. The van der Waals surface area contributed by atoms with Gasteiger partial charge < -0.3 is 9.73 Å². The van der Waals surface area contributed by atoms with E-state index in [0.29, 0.717) is 6.04 Å². The van der Waals surface area contributed by atoms with Gasteiger partial charge in [-0.2, -0.15) is 0 Å². The average Bonchev–Trinajstić information content (AvgIpc) is 2.98. The normalized spacial score (nSPS) is 21.3. The highest BCUT2D eigenvalue weighted by Crippen LogP contribution is 2.24. The molecule has 18 heavy (non-hydrogen) atoms. The zero-order valence-electron chi connectivity index (χ0n) is 10.4. The second-order valence-corrected chi connectivity index (χ2v) is 5.66. The fourth-order valence-corrected chi connectivity index (χ4v) is 2.93. The van der Waals surface area contributed by atoms with Crippen LogP contribution in [0.5, 0.6) is 0 Å². The summed E-state index contributed by atoms with van der Waals surface area (Å²) in [5, 5.41) is 5.48. The third-order valence-electron chi connectivity index (χ3n) is 3.12. The molecule has 0 spiro atoms. The summed E-state index contributed by atoms with van der Waals surface area (Å²) in [6.07, 6.45) is 1.78. The van der Waals surface area contributed by atoms with E-state index in [1.54, 1.807) is 17.6 Å². The van der Waals surface area contributed by atoms with Gasteiger partial charge in [-0.05, 0) is 18.4 Å². The Kier molecular flexibility index (Phi) is 3.45. The number of oxazole rings is 1. The highest BCUT2D eigenvalue weighted by Gasteiger charge is 2.17. The number of nitrogens with zero attached hydrogens (tertiary/aromatic N) is 2. The first kappa shape index (κ1) is 11.9. The second kappa shape index (κ2) is 5.22. The Labute approximate surface area is 111 Å². The average molecular weight is 263 g/mol. The van der Waals surface area contributed by atoms with Crippen molar-refractivity contribution >= 4 is 11.3 Å². The summed E-state index contributed by atoms with van der Waals surface area (Å²) in [6.45, 7) is 6.29. The van der Waals surface area contributed by atoms with Gasteiger partial charge in [0.2, 0.25) is 5.89 Å². The van der Waals surface area contributed by atoms with Crippen LogP contribution in [0.3, 0.4) is 0 Å². The van der Waals surface area contributed by atoms with Crippen LogP contribution < -0.4 is 5.32 Å². The molecular formula is C13H17N3OS. The van der Waals surface area contributed by atoms with Crippen LogP contribution in [-0.2, 0) is 6.54 Å². The maximum Gasteiger partial charge on any atom is 0.236 e. The van der Waals surface area contributed by atoms with Gasteiger partial charge in [-0.25, -0.2) is 4.98 Å². The fraction of sp³-hybridized carbons (Fsp3) is 0.462. The van der Waals surface area contributed by atoms with E-state index in [0.717, 1.165) is 42.6 Å². The minimum Gasteiger partial charge on any atom is -0.444 e. The maximum atomic E-state index is 5.53. The van der Waals surface area contributed by atoms with E-state index in [9.17, 15) is 0 Å². The van der Waals surface area contributed by atoms with Gasteiger partial charge in [-0.3, -0.25) is 4.90 Å². The third-order valence-corrected chi connectivity index (χ3v) is 3.98. The Morgan fingerprint density at radius 3 is 3.33 bits per heavy atom. The molecule has 4 nitrogen and oxygen atoms in total. The first-order valence-electron chi connectivity index (χ1n) is 6.25. The Hall–Kier alpha value is -1.17. The lowest BCUT2D eigenvalue weighted by Gasteiger charge is -2.31. The largest absolute Gasteiger partial charge is 0.444 e. The molecule has 0 radical (unpaired) electrons. The lowest BCUT2D eigenvalue weighted by molar-refractivity contribution is 0.197. The molecule has 0 aromatic carbocycles. The molecule has 1 aliphatic rings. The first-order chi connectivity index (χ1) is 8.81. The summed E-state index contributed by atoms with van der Waals surface area (Å²) in [4.78, 5) is 8.06. The monoisotopic (exact) mass is 263 g/mol. The van der Waals surface area contributed by atoms with Crippen molar-refractivity contribution in [2.45, 2.75) is 19.5 Å². The SMILES string of the molecule is C[C@H]1CN(Cc2coc(-c3cccs3)n2)CCN1. The van der Waals surface area contributed by atoms with Gasteiger partial charge in [0, 0.05) is 32.2 Å². The minimum absolute atomic E-state index is 0.558. The van der Waals surface area contributed by atoms with Crippen LogP contribution >= 0.6 is 11.3 Å². The lowest BCUT2D eigenvalue weighted by atomic mass is 10.2. The van der Waals surface area contributed by atoms with Crippen LogP contribution in [0, 0.1) is 0 Å². The van der Waals surface area contributed by atoms with Crippen molar-refractivity contribution in [1.29, 1.82) is 0 Å². The summed E-state index contributed by atoms with van der Waals surface area (Å²) in [5.41, 5.74) is 1.02. The zero-order valence-corrected chi connectivity index (χ0v) is 11.2. The van der Waals surface area contributed by atoms with E-state index in [2.05, 4.69) is 22.1 Å². The molecule has 5 heteroatoms. The Balaban J connectivity index is 1.66. The van der Waals surface area contributed by atoms with Crippen molar-refractivity contribution < 1.29 is 4.42 Å². The second-order valence-electron chi connectivity index (χ2n) is 4.71. The van der Waals surface area contributed by atoms with Crippen molar-refractivity contribution in [3.63, 3.8) is 0 Å². The van der Waals surface area contributed by atoms with Crippen LogP contribution in [0.1, 0.15) is 12.6 Å². The van der Waals surface area contributed by atoms with Crippen molar-refractivity contribution in [1.82, 2.24) is 15.2 Å². The van der Waals surface area contributed by atoms with E-state index in [1.165, 1.54) is 0 Å². The summed E-state index contributed by atoms with van der Waals surface area (Å²) in [6, 6.07) is 4.61. The quantitative estimate of drug-likeness (QED) is 0.921. The smallest absolute Gasteiger partial charge is 0.236 e. The Bertz CT molecular complexity index is 494. The van der Waals surface area contributed by atoms with E-state index in [4.69, 9.17) is 4.42 Å². The molecule has 2 aromatic rings. The number of nitrogens with one attached hydrogen (secondary N) is 1. The molecule has 0 unspecified atom stereocenters. The molecule has 96 valence electrons. The molecule has 2 aromatic heterocycles. The molecule has 1 saturated heterocycles. The number of hydrogen-bond acceptors (Lipinski definition) is 5. The molecule has 1 aliphatic heterocycles. The highest BCUT2D eigenvalue weighted by atomic mass is 32.1. The van der Waals surface area contributed by atoms with E-state index in [-0.39, 0.29) is 0 Å². The van der Waals surface area contributed by atoms with Crippen molar-refractivity contribution in [2.75, 3.05) is 19.6 Å². The van der Waals surface area contributed by atoms with Gasteiger partial charge in [0.1, 0.15) is 6.26 Å². The van der Waals surface area contributed by atoms with Crippen LogP contribution in [0.25, 0.3) is 10.8 Å². The van der Waals surface area contributed by atoms with Crippen LogP contribution in [0.15, 0.2) is 28.2 Å². The first-order valence-corrected chi connectivity index (χ1v) is 7.13. The molecule has 0 amide bonds. The van der Waals surface area contributed by atoms with Gasteiger partial charge in [0.05, 0.1) is 10.6 Å². The number of thiophene rings is 1. The van der Waals surface area contributed by atoms with Crippen LogP contribution in [0.2, 0.25) is 0 Å². The lowest BCUT2D eigenvalue weighted by Crippen LogP contribution is -2.48. The van der Waals surface area contributed by atoms with Gasteiger partial charge in [-0.1, -0.05) is 6.07 Å². The topological polar surface area (TPSA) is 41.3 Å². The number of hydrogen-bond donors (Lipinski definition) is 1. The summed E-state index contributed by atoms with van der Waals surface area (Å²) >= 11 is 1.66. The van der Waals surface area contributed by atoms with Crippen molar-refractivity contribution in [3.8, 4) is 10.8 Å². The Morgan fingerprint density at radius 2 is 2.56 bits per heavy atom. The fourth-order valence-electron chi connectivity index (χ4n) is 2.28. The number of rotatable bonds is 3. The highest BCUT2D eigenvalue weighted by molar-refractivity contribution is 7.13. The summed E-state index contributed by atoms with van der Waals surface area (Å²) in [7, 11) is 0. The zero-order chi connectivity index (χ0) is 12.4. The maximum absolute atomic E-state index is 5.53. The van der Waals surface area contributed by atoms with Crippen LogP contribution in [0.4, 0.5) is 0 Å². The van der Waals surface area contributed by atoms with Crippen molar-refractivity contribution in [2.24, 2.45) is 0 Å². The van der Waals surface area contributed by atoms with E-state index < -0.39 is 0 Å². The number of aromatic nitrogens is 1. The number of piperazine rings is 1.